The molecule has 1 heterocycles. The summed E-state index contributed by atoms with van der Waals surface area (Å²) in [6.45, 7) is 22.7. The number of carbonyl (C=O) groups excluding carboxylic acids is 2. The van der Waals surface area contributed by atoms with Crippen molar-refractivity contribution in [1.29, 1.82) is 0 Å². The Hall–Kier alpha value is -2.89. The zero-order valence-corrected chi connectivity index (χ0v) is 31.9. The fourth-order valence-electron chi connectivity index (χ4n) is 14.3. The Labute approximate surface area is 300 Å². The Morgan fingerprint density at radius 2 is 1.60 bits per heavy atom. The molecular weight excluding hydrogens is 620 g/mol. The summed E-state index contributed by atoms with van der Waals surface area (Å²) in [4.78, 5) is 39.2. The van der Waals surface area contributed by atoms with Crippen LogP contribution >= 0.6 is 0 Å². The number of rotatable bonds is 6. The third-order valence-corrected chi connectivity index (χ3v) is 16.8. The van der Waals surface area contributed by atoms with Gasteiger partial charge in [-0.15, -0.1) is 0 Å². The first-order valence-electron chi connectivity index (χ1n) is 19.7. The van der Waals surface area contributed by atoms with E-state index in [1.807, 2.05) is 12.1 Å². The van der Waals surface area contributed by atoms with Crippen molar-refractivity contribution in [3.8, 4) is 0 Å². The number of allylic oxidation sites excluding steroid dienone is 3. The highest BCUT2D eigenvalue weighted by molar-refractivity contribution is 5.88. The molecule has 1 aromatic carbocycles. The number of fused-ring (bicyclic) bond motifs is 7. The molecule has 50 heavy (non-hydrogen) atoms. The molecule has 0 spiro atoms. The highest BCUT2D eigenvalue weighted by Gasteiger charge is 2.70. The fraction of sp³-hybridized carbons (Fsp3) is 0.705. The molecule has 6 nitrogen and oxygen atoms in total. The first kappa shape index (κ1) is 35.5. The molecule has 1 aliphatic heterocycles. The lowest BCUT2D eigenvalue weighted by Gasteiger charge is -2.72. The molecule has 7 rings (SSSR count). The quantitative estimate of drug-likeness (QED) is 0.293. The van der Waals surface area contributed by atoms with E-state index in [1.165, 1.54) is 49.7 Å². The van der Waals surface area contributed by atoms with Crippen molar-refractivity contribution in [3.05, 3.63) is 53.6 Å². The van der Waals surface area contributed by atoms with Gasteiger partial charge >= 0.3 is 5.97 Å². The summed E-state index contributed by atoms with van der Waals surface area (Å²) in [6, 6.07) is 7.23. The van der Waals surface area contributed by atoms with Gasteiger partial charge in [0.05, 0.1) is 5.56 Å². The Balaban J connectivity index is 1.17. The van der Waals surface area contributed by atoms with Gasteiger partial charge in [-0.1, -0.05) is 65.0 Å². The van der Waals surface area contributed by atoms with Crippen molar-refractivity contribution < 1.29 is 19.5 Å². The van der Waals surface area contributed by atoms with E-state index < -0.39 is 5.97 Å². The van der Waals surface area contributed by atoms with Gasteiger partial charge in [-0.25, -0.2) is 4.79 Å². The van der Waals surface area contributed by atoms with Crippen LogP contribution in [0.15, 0.2) is 42.5 Å². The molecule has 5 fully saturated rings. The van der Waals surface area contributed by atoms with Crippen LogP contribution in [0.3, 0.4) is 0 Å². The number of benzene rings is 1. The van der Waals surface area contributed by atoms with E-state index in [0.29, 0.717) is 41.7 Å². The molecule has 6 heteroatoms. The van der Waals surface area contributed by atoms with Gasteiger partial charge in [-0.2, -0.15) is 0 Å². The maximum atomic E-state index is 13.6. The maximum Gasteiger partial charge on any atom is 0.335 e. The largest absolute Gasteiger partial charge is 0.478 e. The van der Waals surface area contributed by atoms with Crippen LogP contribution in [0.5, 0.6) is 0 Å². The summed E-state index contributed by atoms with van der Waals surface area (Å²) in [5, 5.41) is 12.9. The molecule has 0 aromatic heterocycles. The van der Waals surface area contributed by atoms with Crippen LogP contribution < -0.4 is 5.32 Å². The molecule has 272 valence electrons. The van der Waals surface area contributed by atoms with Crippen molar-refractivity contribution in [2.75, 3.05) is 13.1 Å². The number of hydrogen-bond donors (Lipinski definition) is 2. The minimum atomic E-state index is -0.876. The van der Waals surface area contributed by atoms with Crippen molar-refractivity contribution in [2.45, 2.75) is 125 Å². The summed E-state index contributed by atoms with van der Waals surface area (Å²) in [7, 11) is 0. The monoisotopic (exact) mass is 682 g/mol. The molecule has 0 bridgehead atoms. The van der Waals surface area contributed by atoms with Crippen molar-refractivity contribution in [3.63, 3.8) is 0 Å². The summed E-state index contributed by atoms with van der Waals surface area (Å²) < 4.78 is 0. The Morgan fingerprint density at radius 3 is 2.26 bits per heavy atom. The number of amides is 2. The van der Waals surface area contributed by atoms with Gasteiger partial charge < -0.3 is 15.3 Å². The SMILES string of the molecule is C=C(C)[C@@H]1CC[C@]2(CNC(=O)[C@@H]3CCCN3C(C)=O)CC[C@]3(C)[C@H](CCC4[C@@]5(C)CC=C(c6ccc(C(=O)O)cc6)C(C)(C)C5CC[C@]43C)C12. The minimum absolute atomic E-state index is 0.00576. The fourth-order valence-corrected chi connectivity index (χ4v) is 14.3. The van der Waals surface area contributed by atoms with Crippen LogP contribution in [0.25, 0.3) is 5.57 Å². The van der Waals surface area contributed by atoms with Gasteiger partial charge in [0, 0.05) is 20.0 Å². The molecule has 5 aliphatic carbocycles. The Kier molecular flexibility index (Phi) is 8.58. The molecule has 1 saturated heterocycles. The topological polar surface area (TPSA) is 86.7 Å². The molecule has 4 saturated carbocycles. The maximum absolute atomic E-state index is 13.6. The second-order valence-electron chi connectivity index (χ2n) is 19.1. The molecule has 2 N–H and O–H groups in total. The molecule has 6 aliphatic rings. The smallest absolute Gasteiger partial charge is 0.335 e. The number of hydrogen-bond acceptors (Lipinski definition) is 3. The van der Waals surface area contributed by atoms with Gasteiger partial charge in [0.25, 0.3) is 0 Å². The van der Waals surface area contributed by atoms with Crippen LogP contribution in [0.1, 0.15) is 135 Å². The summed E-state index contributed by atoms with van der Waals surface area (Å²) >= 11 is 0. The van der Waals surface area contributed by atoms with Gasteiger partial charge in [0.1, 0.15) is 6.04 Å². The molecule has 2 amide bonds. The zero-order valence-electron chi connectivity index (χ0n) is 31.9. The first-order chi connectivity index (χ1) is 23.5. The van der Waals surface area contributed by atoms with Crippen LogP contribution in [0.2, 0.25) is 0 Å². The van der Waals surface area contributed by atoms with Crippen molar-refractivity contribution in [2.24, 2.45) is 56.7 Å². The number of nitrogens with zero attached hydrogens (tertiary/aromatic N) is 1. The zero-order chi connectivity index (χ0) is 36.0. The van der Waals surface area contributed by atoms with Gasteiger partial charge in [-0.3, -0.25) is 9.59 Å². The van der Waals surface area contributed by atoms with Gasteiger partial charge in [0.15, 0.2) is 0 Å². The van der Waals surface area contributed by atoms with Crippen LogP contribution in [0, 0.1) is 56.7 Å². The summed E-state index contributed by atoms with van der Waals surface area (Å²) in [6.07, 6.45) is 14.9. The van der Waals surface area contributed by atoms with Crippen LogP contribution in [-0.4, -0.2) is 46.9 Å². The van der Waals surface area contributed by atoms with E-state index in [1.54, 1.807) is 24.0 Å². The Morgan fingerprint density at radius 1 is 0.880 bits per heavy atom. The second-order valence-corrected chi connectivity index (χ2v) is 19.1. The number of carboxylic acids is 1. The standard InChI is InChI=1S/C44H62N2O4/c1-27(2)31-17-22-44(26-45-38(48)34-10-9-25-46(34)28(3)47)24-23-42(7)33(37(31)44)15-16-36-41(6)20-18-32(29-11-13-30(14-12-29)39(49)50)40(4,5)35(41)19-21-43(36,42)8/h11-14,18,31,33-37H,1,9-10,15-17,19-26H2,2-8H3,(H,45,48)(H,49,50)/t31-,33+,34-,35?,36?,37?,41-,42+,43+,44+/m0/s1. The molecule has 10 atom stereocenters. The average molecular weight is 683 g/mol. The normalized spacial score (nSPS) is 41.6. The Bertz CT molecular complexity index is 1610. The van der Waals surface area contributed by atoms with E-state index in [2.05, 4.69) is 59.5 Å². The highest BCUT2D eigenvalue weighted by atomic mass is 16.4. The van der Waals surface area contributed by atoms with E-state index in [-0.39, 0.29) is 44.9 Å². The van der Waals surface area contributed by atoms with Crippen molar-refractivity contribution in [1.82, 2.24) is 10.2 Å². The lowest BCUT2D eigenvalue weighted by molar-refractivity contribution is -0.225. The average Bonchev–Trinajstić information content (AvgIpc) is 3.70. The minimum Gasteiger partial charge on any atom is -0.478 e. The third-order valence-electron chi connectivity index (χ3n) is 16.8. The van der Waals surface area contributed by atoms with E-state index >= 15 is 0 Å². The number of carbonyl (C=O) groups is 3. The van der Waals surface area contributed by atoms with E-state index in [0.717, 1.165) is 44.2 Å². The molecule has 1 aromatic rings. The second kappa shape index (κ2) is 12.1. The summed E-state index contributed by atoms with van der Waals surface area (Å²) in [5.41, 5.74) is 4.93. The van der Waals surface area contributed by atoms with Gasteiger partial charge in [-0.05, 0) is 157 Å². The highest BCUT2D eigenvalue weighted by Crippen LogP contribution is 2.77. The molecule has 3 unspecified atom stereocenters. The predicted molar refractivity (Wildman–Crippen MR) is 199 cm³/mol. The molecular formula is C44H62N2O4. The van der Waals surface area contributed by atoms with E-state index in [9.17, 15) is 19.5 Å². The number of likely N-dealkylation sites (tertiary alicyclic amines) is 1. The van der Waals surface area contributed by atoms with Crippen molar-refractivity contribution >= 4 is 23.4 Å². The lowest BCUT2D eigenvalue weighted by atomic mass is 9.32. The number of carboxylic acid groups (broad SMARTS) is 1. The third kappa shape index (κ3) is 5.03. The van der Waals surface area contributed by atoms with Crippen LogP contribution in [-0.2, 0) is 9.59 Å². The molecule has 0 radical (unpaired) electrons. The number of aromatic carboxylic acids is 1. The predicted octanol–water partition coefficient (Wildman–Crippen LogP) is 9.16. The van der Waals surface area contributed by atoms with Gasteiger partial charge in [0.2, 0.25) is 11.8 Å². The number of nitrogens with one attached hydrogen (secondary N) is 1. The van der Waals surface area contributed by atoms with E-state index in [4.69, 9.17) is 0 Å². The van der Waals surface area contributed by atoms with Crippen LogP contribution in [0.4, 0.5) is 0 Å². The summed E-state index contributed by atoms with van der Waals surface area (Å²) in [5.74, 6) is 2.00. The first-order valence-corrected chi connectivity index (χ1v) is 19.7. The lowest BCUT2D eigenvalue weighted by Crippen LogP contribution is -2.66.